The van der Waals surface area contributed by atoms with Crippen LogP contribution in [0.3, 0.4) is 0 Å². The summed E-state index contributed by atoms with van der Waals surface area (Å²) >= 11 is 0. The van der Waals surface area contributed by atoms with Crippen LogP contribution in [0.4, 0.5) is 0 Å². The number of nitrogens with one attached hydrogen (secondary N) is 1. The van der Waals surface area contributed by atoms with Crippen LogP contribution in [0.2, 0.25) is 0 Å². The van der Waals surface area contributed by atoms with Gasteiger partial charge in [-0.05, 0) is 31.8 Å². The van der Waals surface area contributed by atoms with Crippen LogP contribution < -0.4 is 5.32 Å². The Balaban J connectivity index is 2.38. The van der Waals surface area contributed by atoms with Gasteiger partial charge in [-0.25, -0.2) is 0 Å². The Morgan fingerprint density at radius 1 is 1.14 bits per heavy atom. The molecule has 1 N–H and O–H groups in total. The zero-order chi connectivity index (χ0) is 10.2. The molecule has 0 bridgehead atoms. The van der Waals surface area contributed by atoms with Crippen LogP contribution in [0.15, 0.2) is 0 Å². The molecule has 1 unspecified atom stereocenters. The second-order valence-electron chi connectivity index (χ2n) is 4.86. The van der Waals surface area contributed by atoms with E-state index in [0.717, 1.165) is 11.8 Å². The summed E-state index contributed by atoms with van der Waals surface area (Å²) in [6.45, 7) is 3.55. The molecule has 1 rings (SSSR count). The molecule has 1 aliphatic carbocycles. The standard InChI is InChI=1S/C13H27N/c1-3-8-13(11-14-2)12-9-6-4-5-7-10-12/h12-14H,3-11H2,1-2H3. The van der Waals surface area contributed by atoms with E-state index in [1.54, 1.807) is 0 Å². The Kier molecular flexibility index (Phi) is 6.25. The molecule has 1 saturated carbocycles. The first-order valence-corrected chi connectivity index (χ1v) is 6.53. The summed E-state index contributed by atoms with van der Waals surface area (Å²) in [5.41, 5.74) is 0. The normalized spacial score (nSPS) is 21.9. The lowest BCUT2D eigenvalue weighted by Gasteiger charge is -2.25. The summed E-state index contributed by atoms with van der Waals surface area (Å²) in [6.07, 6.45) is 11.7. The van der Waals surface area contributed by atoms with E-state index in [1.165, 1.54) is 57.9 Å². The fourth-order valence-electron chi connectivity index (χ4n) is 2.92. The largest absolute Gasteiger partial charge is 0.319 e. The predicted molar refractivity (Wildman–Crippen MR) is 63.5 cm³/mol. The van der Waals surface area contributed by atoms with E-state index in [2.05, 4.69) is 19.3 Å². The van der Waals surface area contributed by atoms with E-state index in [9.17, 15) is 0 Å². The van der Waals surface area contributed by atoms with Crippen LogP contribution in [0.5, 0.6) is 0 Å². The quantitative estimate of drug-likeness (QED) is 0.664. The minimum Gasteiger partial charge on any atom is -0.319 e. The van der Waals surface area contributed by atoms with Crippen LogP contribution in [0, 0.1) is 11.8 Å². The molecule has 0 aromatic heterocycles. The van der Waals surface area contributed by atoms with Crippen molar-refractivity contribution in [3.63, 3.8) is 0 Å². The Morgan fingerprint density at radius 3 is 2.29 bits per heavy atom. The lowest BCUT2D eigenvalue weighted by Crippen LogP contribution is -2.25. The first kappa shape index (κ1) is 12.0. The molecule has 14 heavy (non-hydrogen) atoms. The zero-order valence-corrected chi connectivity index (χ0v) is 10.0. The van der Waals surface area contributed by atoms with E-state index in [0.29, 0.717) is 0 Å². The minimum absolute atomic E-state index is 0.947. The van der Waals surface area contributed by atoms with Crippen LogP contribution in [0.1, 0.15) is 58.3 Å². The molecule has 0 aromatic rings. The van der Waals surface area contributed by atoms with Gasteiger partial charge in [-0.2, -0.15) is 0 Å². The van der Waals surface area contributed by atoms with Gasteiger partial charge in [0.05, 0.1) is 0 Å². The summed E-state index contributed by atoms with van der Waals surface area (Å²) in [5, 5.41) is 3.37. The molecule has 84 valence electrons. The van der Waals surface area contributed by atoms with E-state index in [4.69, 9.17) is 0 Å². The maximum atomic E-state index is 3.37. The molecule has 0 aromatic carbocycles. The number of rotatable bonds is 5. The van der Waals surface area contributed by atoms with Gasteiger partial charge in [0.15, 0.2) is 0 Å². The molecule has 1 heteroatoms. The van der Waals surface area contributed by atoms with Crippen LogP contribution in [0.25, 0.3) is 0 Å². The van der Waals surface area contributed by atoms with Gasteiger partial charge >= 0.3 is 0 Å². The third-order valence-corrected chi connectivity index (χ3v) is 3.69. The summed E-state index contributed by atoms with van der Waals surface area (Å²) in [7, 11) is 2.10. The van der Waals surface area contributed by atoms with Gasteiger partial charge in [0.1, 0.15) is 0 Å². The van der Waals surface area contributed by atoms with Gasteiger partial charge in [0.2, 0.25) is 0 Å². The van der Waals surface area contributed by atoms with Gasteiger partial charge < -0.3 is 5.32 Å². The number of hydrogen-bond donors (Lipinski definition) is 1. The van der Waals surface area contributed by atoms with E-state index < -0.39 is 0 Å². The average Bonchev–Trinajstić information content (AvgIpc) is 2.45. The number of hydrogen-bond acceptors (Lipinski definition) is 1. The molecule has 0 aliphatic heterocycles. The molecule has 0 saturated heterocycles. The van der Waals surface area contributed by atoms with Gasteiger partial charge in [0, 0.05) is 0 Å². The average molecular weight is 197 g/mol. The van der Waals surface area contributed by atoms with Crippen molar-refractivity contribution < 1.29 is 0 Å². The Hall–Kier alpha value is -0.0400. The highest BCUT2D eigenvalue weighted by atomic mass is 14.8. The van der Waals surface area contributed by atoms with Crippen molar-refractivity contribution in [2.24, 2.45) is 11.8 Å². The highest BCUT2D eigenvalue weighted by molar-refractivity contribution is 4.74. The second kappa shape index (κ2) is 7.28. The van der Waals surface area contributed by atoms with Crippen molar-refractivity contribution in [3.05, 3.63) is 0 Å². The lowest BCUT2D eigenvalue weighted by atomic mass is 9.83. The Morgan fingerprint density at radius 2 is 1.79 bits per heavy atom. The van der Waals surface area contributed by atoms with E-state index >= 15 is 0 Å². The molecule has 0 amide bonds. The summed E-state index contributed by atoms with van der Waals surface area (Å²) in [5.74, 6) is 1.97. The molecular weight excluding hydrogens is 170 g/mol. The SMILES string of the molecule is CCCC(CNC)C1CCCCCC1. The fraction of sp³-hybridized carbons (Fsp3) is 1.00. The Bertz CT molecular complexity index is 119. The van der Waals surface area contributed by atoms with Crippen molar-refractivity contribution in [2.75, 3.05) is 13.6 Å². The van der Waals surface area contributed by atoms with Gasteiger partial charge in [-0.3, -0.25) is 0 Å². The summed E-state index contributed by atoms with van der Waals surface area (Å²) < 4.78 is 0. The van der Waals surface area contributed by atoms with Gasteiger partial charge in [0.25, 0.3) is 0 Å². The Labute approximate surface area is 89.7 Å². The summed E-state index contributed by atoms with van der Waals surface area (Å²) in [4.78, 5) is 0. The second-order valence-corrected chi connectivity index (χ2v) is 4.86. The van der Waals surface area contributed by atoms with Crippen molar-refractivity contribution in [1.82, 2.24) is 5.32 Å². The lowest BCUT2D eigenvalue weighted by molar-refractivity contribution is 0.274. The van der Waals surface area contributed by atoms with Gasteiger partial charge in [-0.1, -0.05) is 51.9 Å². The molecule has 0 radical (unpaired) electrons. The van der Waals surface area contributed by atoms with Crippen molar-refractivity contribution in [3.8, 4) is 0 Å². The maximum absolute atomic E-state index is 3.37. The van der Waals surface area contributed by atoms with Crippen molar-refractivity contribution >= 4 is 0 Å². The first-order chi connectivity index (χ1) is 6.88. The summed E-state index contributed by atoms with van der Waals surface area (Å²) in [6, 6.07) is 0. The zero-order valence-electron chi connectivity index (χ0n) is 10.0. The smallest absolute Gasteiger partial charge is 0.00209 e. The fourth-order valence-corrected chi connectivity index (χ4v) is 2.92. The van der Waals surface area contributed by atoms with Crippen molar-refractivity contribution in [2.45, 2.75) is 58.3 Å². The molecule has 0 spiro atoms. The third-order valence-electron chi connectivity index (χ3n) is 3.69. The first-order valence-electron chi connectivity index (χ1n) is 6.53. The maximum Gasteiger partial charge on any atom is -0.00209 e. The molecule has 1 aliphatic rings. The highest BCUT2D eigenvalue weighted by Gasteiger charge is 2.21. The molecule has 0 heterocycles. The van der Waals surface area contributed by atoms with Crippen LogP contribution >= 0.6 is 0 Å². The topological polar surface area (TPSA) is 12.0 Å². The van der Waals surface area contributed by atoms with Crippen LogP contribution in [-0.2, 0) is 0 Å². The van der Waals surface area contributed by atoms with E-state index in [-0.39, 0.29) is 0 Å². The van der Waals surface area contributed by atoms with Gasteiger partial charge in [-0.15, -0.1) is 0 Å². The predicted octanol–water partition coefficient (Wildman–Crippen LogP) is 3.59. The minimum atomic E-state index is 0.947. The van der Waals surface area contributed by atoms with E-state index in [1.807, 2.05) is 0 Å². The molecular formula is C13H27N. The molecule has 1 fully saturated rings. The third kappa shape index (κ3) is 4.00. The van der Waals surface area contributed by atoms with Crippen molar-refractivity contribution in [1.29, 1.82) is 0 Å². The van der Waals surface area contributed by atoms with Crippen LogP contribution in [-0.4, -0.2) is 13.6 Å². The molecule has 1 atom stereocenters. The molecule has 1 nitrogen and oxygen atoms in total. The monoisotopic (exact) mass is 197 g/mol. The highest BCUT2D eigenvalue weighted by Crippen LogP contribution is 2.31.